The molecule has 2 heteroatoms. The van der Waals surface area contributed by atoms with E-state index in [4.69, 9.17) is 5.11 Å². The molecule has 1 atom stereocenters. The Hall–Kier alpha value is -0.0800. The van der Waals surface area contributed by atoms with Crippen LogP contribution >= 0.6 is 0 Å². The molecule has 1 unspecified atom stereocenters. The van der Waals surface area contributed by atoms with Crippen LogP contribution in [-0.2, 0) is 0 Å². The SMILES string of the molecule is CCCC(CCC)NC(CCO)C(C)C. The van der Waals surface area contributed by atoms with Crippen LogP contribution in [0.2, 0.25) is 0 Å². The molecule has 0 saturated carbocycles. The normalized spacial score (nSPS) is 13.8. The predicted octanol–water partition coefficient (Wildman–Crippen LogP) is 2.95. The number of hydrogen-bond donors (Lipinski definition) is 2. The Morgan fingerprint density at radius 3 is 1.87 bits per heavy atom. The van der Waals surface area contributed by atoms with Gasteiger partial charge in [-0.25, -0.2) is 0 Å². The first kappa shape index (κ1) is 14.9. The average Bonchev–Trinajstić information content (AvgIpc) is 2.17. The Kier molecular flexibility index (Phi) is 9.12. The highest BCUT2D eigenvalue weighted by molar-refractivity contribution is 4.76. The van der Waals surface area contributed by atoms with Gasteiger partial charge in [0.2, 0.25) is 0 Å². The summed E-state index contributed by atoms with van der Waals surface area (Å²) in [5, 5.41) is 12.7. The summed E-state index contributed by atoms with van der Waals surface area (Å²) in [5.41, 5.74) is 0. The molecule has 0 heterocycles. The zero-order chi connectivity index (χ0) is 11.7. The van der Waals surface area contributed by atoms with E-state index in [1.807, 2.05) is 0 Å². The summed E-state index contributed by atoms with van der Waals surface area (Å²) in [7, 11) is 0. The number of hydrogen-bond acceptors (Lipinski definition) is 2. The fourth-order valence-electron chi connectivity index (χ4n) is 2.06. The van der Waals surface area contributed by atoms with Crippen molar-refractivity contribution in [2.75, 3.05) is 6.61 Å². The van der Waals surface area contributed by atoms with Gasteiger partial charge in [-0.2, -0.15) is 0 Å². The summed E-state index contributed by atoms with van der Waals surface area (Å²) >= 11 is 0. The van der Waals surface area contributed by atoms with E-state index in [1.165, 1.54) is 25.7 Å². The third-order valence-electron chi connectivity index (χ3n) is 2.97. The second kappa shape index (κ2) is 9.17. The zero-order valence-corrected chi connectivity index (χ0v) is 10.9. The summed E-state index contributed by atoms with van der Waals surface area (Å²) in [5.74, 6) is 0.605. The van der Waals surface area contributed by atoms with Gasteiger partial charge in [-0.15, -0.1) is 0 Å². The van der Waals surface area contributed by atoms with Crippen LogP contribution in [-0.4, -0.2) is 23.8 Å². The lowest BCUT2D eigenvalue weighted by Crippen LogP contribution is -2.42. The number of nitrogens with one attached hydrogen (secondary N) is 1. The van der Waals surface area contributed by atoms with E-state index < -0.39 is 0 Å². The molecule has 0 aromatic carbocycles. The smallest absolute Gasteiger partial charge is 0.0445 e. The third-order valence-corrected chi connectivity index (χ3v) is 2.97. The monoisotopic (exact) mass is 215 g/mol. The lowest BCUT2D eigenvalue weighted by molar-refractivity contribution is 0.229. The molecule has 0 fully saturated rings. The van der Waals surface area contributed by atoms with Gasteiger partial charge >= 0.3 is 0 Å². The van der Waals surface area contributed by atoms with Crippen molar-refractivity contribution in [3.63, 3.8) is 0 Å². The van der Waals surface area contributed by atoms with Crippen molar-refractivity contribution < 1.29 is 5.11 Å². The number of rotatable bonds is 9. The van der Waals surface area contributed by atoms with E-state index in [9.17, 15) is 0 Å². The largest absolute Gasteiger partial charge is 0.396 e. The Balaban J connectivity index is 4.06. The number of aliphatic hydroxyl groups excluding tert-OH is 1. The van der Waals surface area contributed by atoms with E-state index in [2.05, 4.69) is 33.0 Å². The first-order valence-corrected chi connectivity index (χ1v) is 6.52. The molecule has 15 heavy (non-hydrogen) atoms. The number of aliphatic hydroxyl groups is 1. The van der Waals surface area contributed by atoms with Crippen molar-refractivity contribution in [3.05, 3.63) is 0 Å². The molecule has 0 spiro atoms. The molecule has 2 N–H and O–H groups in total. The van der Waals surface area contributed by atoms with Gasteiger partial charge in [-0.1, -0.05) is 40.5 Å². The summed E-state index contributed by atoms with van der Waals surface area (Å²) in [6, 6.07) is 1.11. The minimum atomic E-state index is 0.292. The fraction of sp³-hybridized carbons (Fsp3) is 1.00. The van der Waals surface area contributed by atoms with E-state index in [0.717, 1.165) is 6.42 Å². The van der Waals surface area contributed by atoms with Crippen molar-refractivity contribution in [3.8, 4) is 0 Å². The van der Waals surface area contributed by atoms with Crippen molar-refractivity contribution in [1.29, 1.82) is 0 Å². The Morgan fingerprint density at radius 2 is 1.53 bits per heavy atom. The molecule has 0 aliphatic heterocycles. The zero-order valence-electron chi connectivity index (χ0n) is 10.9. The minimum Gasteiger partial charge on any atom is -0.396 e. The molecule has 0 aromatic heterocycles. The molecular weight excluding hydrogens is 186 g/mol. The molecule has 0 rings (SSSR count). The first-order valence-electron chi connectivity index (χ1n) is 6.52. The molecule has 0 aliphatic carbocycles. The van der Waals surface area contributed by atoms with Crippen LogP contribution < -0.4 is 5.32 Å². The average molecular weight is 215 g/mol. The van der Waals surface area contributed by atoms with E-state index in [1.54, 1.807) is 0 Å². The van der Waals surface area contributed by atoms with Crippen LogP contribution in [0.4, 0.5) is 0 Å². The second-order valence-corrected chi connectivity index (χ2v) is 4.80. The highest BCUT2D eigenvalue weighted by Crippen LogP contribution is 2.11. The van der Waals surface area contributed by atoms with Crippen molar-refractivity contribution >= 4 is 0 Å². The second-order valence-electron chi connectivity index (χ2n) is 4.80. The van der Waals surface area contributed by atoms with Gasteiger partial charge in [-0.05, 0) is 25.2 Å². The maximum atomic E-state index is 9.02. The Labute approximate surface area is 95.5 Å². The maximum absolute atomic E-state index is 9.02. The quantitative estimate of drug-likeness (QED) is 0.620. The molecular formula is C13H29NO. The van der Waals surface area contributed by atoms with Crippen molar-refractivity contribution in [2.45, 2.75) is 71.9 Å². The van der Waals surface area contributed by atoms with E-state index in [-0.39, 0.29) is 0 Å². The minimum absolute atomic E-state index is 0.292. The highest BCUT2D eigenvalue weighted by Gasteiger charge is 2.16. The molecule has 0 radical (unpaired) electrons. The summed E-state index contributed by atoms with van der Waals surface area (Å²) in [6.45, 7) is 9.22. The Morgan fingerprint density at radius 1 is 1.00 bits per heavy atom. The van der Waals surface area contributed by atoms with Crippen LogP contribution in [0.3, 0.4) is 0 Å². The summed E-state index contributed by atoms with van der Waals surface area (Å²) in [4.78, 5) is 0. The van der Waals surface area contributed by atoms with Gasteiger partial charge in [0, 0.05) is 18.7 Å². The van der Waals surface area contributed by atoms with Gasteiger partial charge in [-0.3, -0.25) is 0 Å². The Bertz CT molecular complexity index is 130. The summed E-state index contributed by atoms with van der Waals surface area (Å²) < 4.78 is 0. The molecule has 0 aromatic rings. The predicted molar refractivity (Wildman–Crippen MR) is 67.1 cm³/mol. The standard InChI is InChI=1S/C13H29NO/c1-5-7-12(8-6-2)14-13(9-10-15)11(3)4/h11-15H,5-10H2,1-4H3. The van der Waals surface area contributed by atoms with Crippen molar-refractivity contribution in [1.82, 2.24) is 5.32 Å². The lowest BCUT2D eigenvalue weighted by atomic mass is 9.98. The van der Waals surface area contributed by atoms with Gasteiger partial charge < -0.3 is 10.4 Å². The molecule has 0 bridgehead atoms. The molecule has 92 valence electrons. The third kappa shape index (κ3) is 6.91. The van der Waals surface area contributed by atoms with Crippen LogP contribution in [0.5, 0.6) is 0 Å². The van der Waals surface area contributed by atoms with Crippen LogP contribution in [0, 0.1) is 5.92 Å². The van der Waals surface area contributed by atoms with Crippen LogP contribution in [0.1, 0.15) is 59.8 Å². The van der Waals surface area contributed by atoms with Gasteiger partial charge in [0.15, 0.2) is 0 Å². The molecule has 0 saturated heterocycles. The van der Waals surface area contributed by atoms with Crippen LogP contribution in [0.15, 0.2) is 0 Å². The van der Waals surface area contributed by atoms with Crippen molar-refractivity contribution in [2.24, 2.45) is 5.92 Å². The van der Waals surface area contributed by atoms with Gasteiger partial charge in [0.05, 0.1) is 0 Å². The van der Waals surface area contributed by atoms with E-state index >= 15 is 0 Å². The topological polar surface area (TPSA) is 32.3 Å². The summed E-state index contributed by atoms with van der Waals surface area (Å²) in [6.07, 6.45) is 5.86. The first-order chi connectivity index (χ1) is 7.15. The molecule has 0 aliphatic rings. The molecule has 2 nitrogen and oxygen atoms in total. The fourth-order valence-corrected chi connectivity index (χ4v) is 2.06. The van der Waals surface area contributed by atoms with Gasteiger partial charge in [0.1, 0.15) is 0 Å². The lowest BCUT2D eigenvalue weighted by Gasteiger charge is -2.28. The maximum Gasteiger partial charge on any atom is 0.0445 e. The van der Waals surface area contributed by atoms with Crippen LogP contribution in [0.25, 0.3) is 0 Å². The van der Waals surface area contributed by atoms with E-state index in [0.29, 0.717) is 24.6 Å². The highest BCUT2D eigenvalue weighted by atomic mass is 16.3. The van der Waals surface area contributed by atoms with Gasteiger partial charge in [0.25, 0.3) is 0 Å². The molecule has 0 amide bonds.